The molecule has 110 valence electrons. The Kier molecular flexibility index (Phi) is 4.62. The number of aliphatic hydroxyl groups is 2. The minimum absolute atomic E-state index is 0.138. The molecule has 1 heterocycles. The van der Waals surface area contributed by atoms with Gasteiger partial charge in [0.05, 0.1) is 12.6 Å². The Morgan fingerprint density at radius 1 is 1.55 bits per heavy atom. The zero-order valence-corrected chi connectivity index (χ0v) is 11.9. The van der Waals surface area contributed by atoms with E-state index in [-0.39, 0.29) is 17.5 Å². The third-order valence-corrected chi connectivity index (χ3v) is 4.05. The number of halogens is 2. The second-order valence-electron chi connectivity index (χ2n) is 4.98. The molecule has 6 heteroatoms. The van der Waals surface area contributed by atoms with Gasteiger partial charge in [0, 0.05) is 17.1 Å². The van der Waals surface area contributed by atoms with Gasteiger partial charge in [-0.1, -0.05) is 11.6 Å². The number of carbonyl (C=O) groups is 1. The first-order valence-corrected chi connectivity index (χ1v) is 6.90. The summed E-state index contributed by atoms with van der Waals surface area (Å²) in [7, 11) is 0. The highest BCUT2D eigenvalue weighted by molar-refractivity contribution is 6.31. The molecule has 1 unspecified atom stereocenters. The van der Waals surface area contributed by atoms with Crippen LogP contribution in [0.2, 0.25) is 5.02 Å². The molecule has 1 aromatic carbocycles. The van der Waals surface area contributed by atoms with Crippen molar-refractivity contribution < 1.29 is 19.4 Å². The van der Waals surface area contributed by atoms with E-state index in [1.54, 1.807) is 6.92 Å². The number of likely N-dealkylation sites (tertiary alicyclic amines) is 1. The molecule has 2 N–H and O–H groups in total. The molecule has 2 atom stereocenters. The Labute approximate surface area is 121 Å². The van der Waals surface area contributed by atoms with Gasteiger partial charge in [-0.25, -0.2) is 4.39 Å². The average molecular weight is 302 g/mol. The highest BCUT2D eigenvalue weighted by Crippen LogP contribution is 2.32. The summed E-state index contributed by atoms with van der Waals surface area (Å²) in [6.45, 7) is 1.90. The Hall–Kier alpha value is -1.17. The highest BCUT2D eigenvalue weighted by atomic mass is 35.5. The lowest BCUT2D eigenvalue weighted by atomic mass is 9.97. The van der Waals surface area contributed by atoms with Crippen molar-refractivity contribution in [2.75, 3.05) is 6.54 Å². The molecule has 0 aliphatic carbocycles. The molecule has 1 aliphatic rings. The number of benzene rings is 1. The maximum Gasteiger partial charge on any atom is 0.251 e. The lowest BCUT2D eigenvalue weighted by molar-refractivity contribution is -0.146. The predicted molar refractivity (Wildman–Crippen MR) is 72.7 cm³/mol. The number of nitrogens with zero attached hydrogens (tertiary/aromatic N) is 1. The van der Waals surface area contributed by atoms with Gasteiger partial charge in [-0.05, 0) is 37.5 Å². The number of piperidine rings is 1. The molecule has 0 radical (unpaired) electrons. The fourth-order valence-electron chi connectivity index (χ4n) is 2.60. The smallest absolute Gasteiger partial charge is 0.251 e. The first kappa shape index (κ1) is 15.2. The van der Waals surface area contributed by atoms with E-state index in [4.69, 9.17) is 11.6 Å². The summed E-state index contributed by atoms with van der Waals surface area (Å²) in [5, 5.41) is 19.2. The number of aliphatic hydroxyl groups excluding tert-OH is 2. The fourth-order valence-corrected chi connectivity index (χ4v) is 2.87. The first-order valence-electron chi connectivity index (χ1n) is 6.53. The van der Waals surface area contributed by atoms with Crippen LogP contribution in [0, 0.1) is 5.82 Å². The van der Waals surface area contributed by atoms with Crippen LogP contribution >= 0.6 is 11.6 Å². The van der Waals surface area contributed by atoms with Crippen LogP contribution in [0.5, 0.6) is 0 Å². The van der Waals surface area contributed by atoms with Crippen LogP contribution in [-0.2, 0) is 11.4 Å². The molecule has 4 nitrogen and oxygen atoms in total. The molecule has 0 spiro atoms. The van der Waals surface area contributed by atoms with Crippen molar-refractivity contribution in [3.8, 4) is 0 Å². The third kappa shape index (κ3) is 2.80. The molecule has 0 aromatic heterocycles. The molecular weight excluding hydrogens is 285 g/mol. The van der Waals surface area contributed by atoms with Crippen LogP contribution in [0.25, 0.3) is 0 Å². The summed E-state index contributed by atoms with van der Waals surface area (Å²) in [4.78, 5) is 13.5. The quantitative estimate of drug-likeness (QED) is 0.898. The molecule has 1 amide bonds. The Balaban J connectivity index is 2.37. The van der Waals surface area contributed by atoms with E-state index in [2.05, 4.69) is 0 Å². The van der Waals surface area contributed by atoms with Crippen molar-refractivity contribution >= 4 is 17.5 Å². The predicted octanol–water partition coefficient (Wildman–Crippen LogP) is 2.02. The summed E-state index contributed by atoms with van der Waals surface area (Å²) >= 11 is 5.93. The molecule has 1 aliphatic heterocycles. The lowest BCUT2D eigenvalue weighted by Crippen LogP contribution is -2.45. The van der Waals surface area contributed by atoms with Gasteiger partial charge in [-0.15, -0.1) is 0 Å². The van der Waals surface area contributed by atoms with Crippen molar-refractivity contribution in [1.82, 2.24) is 4.90 Å². The second kappa shape index (κ2) is 6.08. The van der Waals surface area contributed by atoms with Crippen molar-refractivity contribution in [3.63, 3.8) is 0 Å². The lowest BCUT2D eigenvalue weighted by Gasteiger charge is -2.35. The van der Waals surface area contributed by atoms with E-state index in [9.17, 15) is 19.4 Å². The number of amides is 1. The topological polar surface area (TPSA) is 60.8 Å². The maximum absolute atomic E-state index is 13.5. The van der Waals surface area contributed by atoms with Gasteiger partial charge >= 0.3 is 0 Å². The highest BCUT2D eigenvalue weighted by Gasteiger charge is 2.31. The summed E-state index contributed by atoms with van der Waals surface area (Å²) < 4.78 is 13.5. The largest absolute Gasteiger partial charge is 0.392 e. The Morgan fingerprint density at radius 2 is 2.25 bits per heavy atom. The van der Waals surface area contributed by atoms with E-state index in [1.165, 1.54) is 11.0 Å². The van der Waals surface area contributed by atoms with Crippen LogP contribution in [0.4, 0.5) is 4.39 Å². The zero-order chi connectivity index (χ0) is 14.9. The number of rotatable bonds is 3. The normalized spacial score (nSPS) is 21.1. The number of hydrogen-bond donors (Lipinski definition) is 2. The van der Waals surface area contributed by atoms with E-state index in [1.807, 2.05) is 0 Å². The van der Waals surface area contributed by atoms with Crippen LogP contribution in [0.15, 0.2) is 12.1 Å². The van der Waals surface area contributed by atoms with E-state index >= 15 is 0 Å². The van der Waals surface area contributed by atoms with Crippen molar-refractivity contribution in [1.29, 1.82) is 0 Å². The fraction of sp³-hybridized carbons (Fsp3) is 0.500. The van der Waals surface area contributed by atoms with E-state index in [0.717, 1.165) is 6.07 Å². The maximum atomic E-state index is 13.5. The number of hydrogen-bond acceptors (Lipinski definition) is 3. The minimum atomic E-state index is -1.01. The second-order valence-corrected chi connectivity index (χ2v) is 5.39. The van der Waals surface area contributed by atoms with Gasteiger partial charge in [-0.2, -0.15) is 0 Å². The molecule has 2 rings (SSSR count). The molecule has 0 saturated carbocycles. The van der Waals surface area contributed by atoms with Gasteiger partial charge in [0.2, 0.25) is 0 Å². The van der Waals surface area contributed by atoms with Crippen molar-refractivity contribution in [3.05, 3.63) is 34.1 Å². The van der Waals surface area contributed by atoms with E-state index < -0.39 is 18.0 Å². The van der Waals surface area contributed by atoms with Gasteiger partial charge in [0.15, 0.2) is 0 Å². The Morgan fingerprint density at radius 3 is 2.90 bits per heavy atom. The van der Waals surface area contributed by atoms with Crippen molar-refractivity contribution in [2.24, 2.45) is 0 Å². The van der Waals surface area contributed by atoms with Gasteiger partial charge in [-0.3, -0.25) is 4.79 Å². The molecule has 20 heavy (non-hydrogen) atoms. The zero-order valence-electron chi connectivity index (χ0n) is 11.1. The minimum Gasteiger partial charge on any atom is -0.392 e. The molecule has 1 aromatic rings. The van der Waals surface area contributed by atoms with Crippen LogP contribution in [0.3, 0.4) is 0 Å². The van der Waals surface area contributed by atoms with E-state index in [0.29, 0.717) is 30.5 Å². The van der Waals surface area contributed by atoms with Crippen LogP contribution < -0.4 is 0 Å². The average Bonchev–Trinajstić information content (AvgIpc) is 2.40. The third-order valence-electron chi connectivity index (χ3n) is 3.72. The monoisotopic (exact) mass is 301 g/mol. The summed E-state index contributed by atoms with van der Waals surface area (Å²) in [6, 6.07) is 1.96. The van der Waals surface area contributed by atoms with Gasteiger partial charge in [0.25, 0.3) is 5.91 Å². The van der Waals surface area contributed by atoms with Crippen LogP contribution in [0.1, 0.15) is 36.9 Å². The molecular formula is C14H17ClFNO3. The van der Waals surface area contributed by atoms with Gasteiger partial charge in [0.1, 0.15) is 11.9 Å². The summed E-state index contributed by atoms with van der Waals surface area (Å²) in [5.74, 6) is -0.882. The number of carbonyl (C=O) groups excluding carboxylic acids is 1. The molecule has 0 bridgehead atoms. The summed E-state index contributed by atoms with van der Waals surface area (Å²) in [6.07, 6.45) is 0.126. The SMILES string of the molecule is CC(c1cc(F)cc(Cl)c1CO)N1CCC[C@@H](O)C1=O. The van der Waals surface area contributed by atoms with Gasteiger partial charge < -0.3 is 15.1 Å². The first-order chi connectivity index (χ1) is 9.45. The van der Waals surface area contributed by atoms with Crippen molar-refractivity contribution in [2.45, 2.75) is 38.5 Å². The Bertz CT molecular complexity index is 523. The summed E-state index contributed by atoms with van der Waals surface area (Å²) in [5.41, 5.74) is 0.883. The standard InChI is InChI=1S/C14H17ClFNO3/c1-8(17-4-2-3-13(19)14(17)20)10-5-9(16)6-12(15)11(10)7-18/h5-6,8,13,18-19H,2-4,7H2,1H3/t8?,13-/m1/s1. The molecule has 1 fully saturated rings. The molecule has 1 saturated heterocycles. The van der Waals surface area contributed by atoms with Crippen LogP contribution in [-0.4, -0.2) is 33.7 Å².